The standard InChI is InChI=1S/C20H14FN5O4S/c21-15-9-8-14(26(28)29)11-16(15)22-18(27)12-31-20-24-23-19(17-7-4-10-30-17)25(20)13-5-2-1-3-6-13/h1-11H,12H2,(H,22,27). The van der Waals surface area contributed by atoms with Gasteiger partial charge in [-0.25, -0.2) is 4.39 Å². The van der Waals surface area contributed by atoms with E-state index >= 15 is 0 Å². The second-order valence-corrected chi connectivity index (χ2v) is 7.16. The molecule has 0 saturated heterocycles. The van der Waals surface area contributed by atoms with Crippen LogP contribution >= 0.6 is 11.8 Å². The van der Waals surface area contributed by atoms with Crippen LogP contribution in [0.5, 0.6) is 0 Å². The first-order valence-electron chi connectivity index (χ1n) is 8.94. The highest BCUT2D eigenvalue weighted by Crippen LogP contribution is 2.28. The van der Waals surface area contributed by atoms with Gasteiger partial charge in [-0.1, -0.05) is 30.0 Å². The zero-order valence-electron chi connectivity index (χ0n) is 15.8. The molecule has 0 bridgehead atoms. The van der Waals surface area contributed by atoms with Crippen LogP contribution in [0.25, 0.3) is 17.3 Å². The molecule has 0 aliphatic rings. The number of nitro benzene ring substituents is 1. The monoisotopic (exact) mass is 439 g/mol. The molecule has 1 amide bonds. The van der Waals surface area contributed by atoms with Gasteiger partial charge in [0, 0.05) is 17.8 Å². The van der Waals surface area contributed by atoms with Crippen LogP contribution in [-0.2, 0) is 4.79 Å². The quantitative estimate of drug-likeness (QED) is 0.259. The van der Waals surface area contributed by atoms with Gasteiger partial charge in [-0.15, -0.1) is 10.2 Å². The van der Waals surface area contributed by atoms with Crippen LogP contribution in [0, 0.1) is 15.9 Å². The lowest BCUT2D eigenvalue weighted by molar-refractivity contribution is -0.384. The molecule has 0 aliphatic heterocycles. The molecule has 0 atom stereocenters. The van der Waals surface area contributed by atoms with Crippen molar-refractivity contribution in [3.63, 3.8) is 0 Å². The first-order chi connectivity index (χ1) is 15.0. The van der Waals surface area contributed by atoms with Gasteiger partial charge in [0.25, 0.3) is 5.69 Å². The van der Waals surface area contributed by atoms with Gasteiger partial charge in [0.15, 0.2) is 10.9 Å². The maximum Gasteiger partial charge on any atom is 0.271 e. The zero-order chi connectivity index (χ0) is 21.8. The molecule has 2 aromatic heterocycles. The Hall–Kier alpha value is -3.99. The molecular formula is C20H14FN5O4S. The molecule has 2 heterocycles. The van der Waals surface area contributed by atoms with Gasteiger partial charge in [0.1, 0.15) is 5.82 Å². The van der Waals surface area contributed by atoms with E-state index in [2.05, 4.69) is 15.5 Å². The summed E-state index contributed by atoms with van der Waals surface area (Å²) in [4.78, 5) is 22.6. The van der Waals surface area contributed by atoms with Crippen molar-refractivity contribution in [2.45, 2.75) is 5.16 Å². The summed E-state index contributed by atoms with van der Waals surface area (Å²) < 4.78 is 21.1. The molecule has 0 unspecified atom stereocenters. The number of benzene rings is 2. The van der Waals surface area contributed by atoms with Crippen LogP contribution in [0.2, 0.25) is 0 Å². The number of non-ortho nitro benzene ring substituents is 1. The van der Waals surface area contributed by atoms with Crippen molar-refractivity contribution >= 4 is 29.0 Å². The van der Waals surface area contributed by atoms with Gasteiger partial charge in [0.2, 0.25) is 11.7 Å². The highest BCUT2D eigenvalue weighted by molar-refractivity contribution is 7.99. The van der Waals surface area contributed by atoms with E-state index < -0.39 is 16.6 Å². The summed E-state index contributed by atoms with van der Waals surface area (Å²) in [6.45, 7) is 0. The molecule has 0 radical (unpaired) electrons. The minimum absolute atomic E-state index is 0.120. The summed E-state index contributed by atoms with van der Waals surface area (Å²) in [5.74, 6) is -0.469. The van der Waals surface area contributed by atoms with Crippen LogP contribution in [-0.4, -0.2) is 31.3 Å². The Kier molecular flexibility index (Phi) is 5.76. The van der Waals surface area contributed by atoms with E-state index in [0.717, 1.165) is 35.6 Å². The number of carbonyl (C=O) groups excluding carboxylic acids is 1. The van der Waals surface area contributed by atoms with Gasteiger partial charge in [-0.05, 0) is 30.3 Å². The fourth-order valence-corrected chi connectivity index (χ4v) is 3.53. The van der Waals surface area contributed by atoms with Gasteiger partial charge in [-0.2, -0.15) is 0 Å². The molecule has 11 heteroatoms. The fourth-order valence-electron chi connectivity index (χ4n) is 2.78. The predicted octanol–water partition coefficient (Wildman–Crippen LogP) is 4.31. The number of hydrogen-bond donors (Lipinski definition) is 1. The minimum atomic E-state index is -0.767. The molecule has 4 aromatic rings. The number of nitrogens with one attached hydrogen (secondary N) is 1. The Morgan fingerprint density at radius 1 is 1.16 bits per heavy atom. The Bertz CT molecular complexity index is 1230. The number of furan rings is 1. The first kappa shape index (κ1) is 20.3. The molecule has 31 heavy (non-hydrogen) atoms. The molecule has 0 aliphatic carbocycles. The Morgan fingerprint density at radius 2 is 1.97 bits per heavy atom. The summed E-state index contributed by atoms with van der Waals surface area (Å²) in [6.07, 6.45) is 1.52. The average molecular weight is 439 g/mol. The van der Waals surface area contributed by atoms with Crippen LogP contribution < -0.4 is 5.32 Å². The Labute approximate surface area is 179 Å². The van der Waals surface area contributed by atoms with Crippen LogP contribution in [0.15, 0.2) is 76.5 Å². The molecule has 0 fully saturated rings. The van der Waals surface area contributed by atoms with Crippen molar-refractivity contribution < 1.29 is 18.5 Å². The lowest BCUT2D eigenvalue weighted by atomic mass is 10.2. The smallest absolute Gasteiger partial charge is 0.271 e. The van der Waals surface area contributed by atoms with Gasteiger partial charge in [0.05, 0.1) is 22.6 Å². The summed E-state index contributed by atoms with van der Waals surface area (Å²) in [6, 6.07) is 15.7. The number of thioether (sulfide) groups is 1. The number of para-hydroxylation sites is 1. The normalized spacial score (nSPS) is 10.7. The summed E-state index contributed by atoms with van der Waals surface area (Å²) >= 11 is 1.08. The van der Waals surface area contributed by atoms with E-state index in [-0.39, 0.29) is 17.1 Å². The number of carbonyl (C=O) groups is 1. The third-order valence-corrected chi connectivity index (χ3v) is 5.09. The SMILES string of the molecule is O=C(CSc1nnc(-c2ccco2)n1-c1ccccc1)Nc1cc([N+](=O)[O-])ccc1F. The number of nitrogens with zero attached hydrogens (tertiary/aromatic N) is 4. The van der Waals surface area contributed by atoms with Crippen molar-refractivity contribution in [3.8, 4) is 17.3 Å². The number of nitro groups is 1. The molecule has 4 rings (SSSR count). The number of rotatable bonds is 7. The topological polar surface area (TPSA) is 116 Å². The summed E-state index contributed by atoms with van der Waals surface area (Å²) in [5.41, 5.74) is 0.184. The van der Waals surface area contributed by atoms with Gasteiger partial charge < -0.3 is 9.73 Å². The molecule has 1 N–H and O–H groups in total. The second-order valence-electron chi connectivity index (χ2n) is 6.21. The molecule has 0 spiro atoms. The molecule has 9 nitrogen and oxygen atoms in total. The maximum atomic E-state index is 13.9. The third kappa shape index (κ3) is 4.46. The minimum Gasteiger partial charge on any atom is -0.461 e. The summed E-state index contributed by atoms with van der Waals surface area (Å²) in [5, 5.41) is 22.0. The molecule has 156 valence electrons. The van der Waals surface area contributed by atoms with E-state index in [1.807, 2.05) is 30.3 Å². The van der Waals surface area contributed by atoms with E-state index in [0.29, 0.717) is 16.7 Å². The maximum absolute atomic E-state index is 13.9. The predicted molar refractivity (Wildman–Crippen MR) is 111 cm³/mol. The van der Waals surface area contributed by atoms with E-state index in [1.165, 1.54) is 6.26 Å². The Balaban J connectivity index is 1.55. The van der Waals surface area contributed by atoms with Crippen molar-refractivity contribution in [1.29, 1.82) is 0 Å². The average Bonchev–Trinajstić information content (AvgIpc) is 3.44. The van der Waals surface area contributed by atoms with Gasteiger partial charge in [-0.3, -0.25) is 19.5 Å². The molecule has 2 aromatic carbocycles. The van der Waals surface area contributed by atoms with Crippen LogP contribution in [0.4, 0.5) is 15.8 Å². The largest absolute Gasteiger partial charge is 0.461 e. The van der Waals surface area contributed by atoms with Crippen LogP contribution in [0.1, 0.15) is 0 Å². The highest BCUT2D eigenvalue weighted by atomic mass is 32.2. The lowest BCUT2D eigenvalue weighted by Gasteiger charge is -2.09. The van der Waals surface area contributed by atoms with Crippen molar-refractivity contribution in [2.24, 2.45) is 0 Å². The van der Waals surface area contributed by atoms with Crippen molar-refractivity contribution in [3.05, 3.63) is 82.9 Å². The summed E-state index contributed by atoms with van der Waals surface area (Å²) in [7, 11) is 0. The fraction of sp³-hybridized carbons (Fsp3) is 0.0500. The van der Waals surface area contributed by atoms with Crippen LogP contribution in [0.3, 0.4) is 0 Å². The van der Waals surface area contributed by atoms with Crippen molar-refractivity contribution in [1.82, 2.24) is 14.8 Å². The number of aromatic nitrogens is 3. The van der Waals surface area contributed by atoms with E-state index in [1.54, 1.807) is 16.7 Å². The number of amides is 1. The number of hydrogen-bond acceptors (Lipinski definition) is 7. The lowest BCUT2D eigenvalue weighted by Crippen LogP contribution is -2.15. The highest BCUT2D eigenvalue weighted by Gasteiger charge is 2.19. The first-order valence-corrected chi connectivity index (χ1v) is 9.93. The van der Waals surface area contributed by atoms with Crippen molar-refractivity contribution in [2.75, 3.05) is 11.1 Å². The third-order valence-electron chi connectivity index (χ3n) is 4.16. The molecule has 0 saturated carbocycles. The zero-order valence-corrected chi connectivity index (χ0v) is 16.6. The van der Waals surface area contributed by atoms with E-state index in [9.17, 15) is 19.3 Å². The van der Waals surface area contributed by atoms with Gasteiger partial charge >= 0.3 is 0 Å². The molecular weight excluding hydrogens is 425 g/mol. The second kappa shape index (κ2) is 8.79. The van der Waals surface area contributed by atoms with E-state index in [4.69, 9.17) is 4.42 Å². The Morgan fingerprint density at radius 3 is 2.68 bits per heavy atom. The number of halogens is 1. The number of anilines is 1.